The minimum atomic E-state index is -0.180. The van der Waals surface area contributed by atoms with E-state index in [1.54, 1.807) is 6.07 Å². The number of benzene rings is 1. The van der Waals surface area contributed by atoms with E-state index in [9.17, 15) is 10.1 Å². The number of hydrogen-bond donors (Lipinski definition) is 2. The van der Waals surface area contributed by atoms with Crippen LogP contribution in [0.3, 0.4) is 0 Å². The maximum atomic E-state index is 11.4. The van der Waals surface area contributed by atoms with E-state index >= 15 is 0 Å². The number of ether oxygens (including phenoxy) is 1. The highest BCUT2D eigenvalue weighted by Gasteiger charge is 2.20. The summed E-state index contributed by atoms with van der Waals surface area (Å²) in [4.78, 5) is 12.5. The van der Waals surface area contributed by atoms with Crippen LogP contribution in [0, 0.1) is 11.3 Å². The van der Waals surface area contributed by atoms with Crippen molar-refractivity contribution in [2.24, 2.45) is 0 Å². The van der Waals surface area contributed by atoms with Crippen molar-refractivity contribution in [3.05, 3.63) is 28.6 Å². The predicted molar refractivity (Wildman–Crippen MR) is 82.4 cm³/mol. The van der Waals surface area contributed by atoms with Gasteiger partial charge >= 0.3 is 0 Å². The Morgan fingerprint density at radius 2 is 2.33 bits per heavy atom. The molecule has 0 atom stereocenters. The van der Waals surface area contributed by atoms with Gasteiger partial charge in [0, 0.05) is 10.4 Å². The third kappa shape index (κ3) is 2.22. The van der Waals surface area contributed by atoms with Crippen LogP contribution in [0.2, 0.25) is 0 Å². The second-order valence-corrected chi connectivity index (χ2v) is 5.79. The van der Waals surface area contributed by atoms with Gasteiger partial charge in [-0.2, -0.15) is 5.26 Å². The number of nitrogens with one attached hydrogen (secondary N) is 1. The van der Waals surface area contributed by atoms with Crippen molar-refractivity contribution >= 4 is 27.9 Å². The van der Waals surface area contributed by atoms with Crippen LogP contribution in [0.4, 0.5) is 10.7 Å². The molecule has 2 aromatic rings. The molecule has 106 valence electrons. The third-order valence-electron chi connectivity index (χ3n) is 3.34. The average molecular weight is 299 g/mol. The molecule has 2 heterocycles. The van der Waals surface area contributed by atoms with Gasteiger partial charge in [0.1, 0.15) is 16.8 Å². The first kappa shape index (κ1) is 13.5. The summed E-state index contributed by atoms with van der Waals surface area (Å²) in [7, 11) is 0. The van der Waals surface area contributed by atoms with E-state index in [0.29, 0.717) is 22.0 Å². The molecule has 1 aliphatic rings. The minimum Gasteiger partial charge on any atom is -0.482 e. The summed E-state index contributed by atoms with van der Waals surface area (Å²) in [5, 5.41) is 12.6. The van der Waals surface area contributed by atoms with Gasteiger partial charge in [-0.1, -0.05) is 13.0 Å². The highest BCUT2D eigenvalue weighted by Crippen LogP contribution is 2.41. The van der Waals surface area contributed by atoms with Crippen molar-refractivity contribution in [2.45, 2.75) is 13.3 Å². The fourth-order valence-corrected chi connectivity index (χ4v) is 3.38. The number of rotatable bonds is 2. The van der Waals surface area contributed by atoms with Crippen molar-refractivity contribution in [2.75, 3.05) is 17.7 Å². The standard InChI is InChI=1S/C15H13N3O2S/c1-2-12-14(9(6-16)15(17)21-12)8-3-4-11-10(5-8)18-13(19)7-20-11/h3-5H,2,7,17H2,1H3,(H,18,19). The van der Waals surface area contributed by atoms with Crippen molar-refractivity contribution in [3.63, 3.8) is 0 Å². The van der Waals surface area contributed by atoms with Gasteiger partial charge in [0.25, 0.3) is 5.91 Å². The zero-order chi connectivity index (χ0) is 15.0. The molecule has 1 aromatic heterocycles. The summed E-state index contributed by atoms with van der Waals surface area (Å²) in [5.41, 5.74) is 8.77. The van der Waals surface area contributed by atoms with Crippen LogP contribution in [0.5, 0.6) is 5.75 Å². The number of fused-ring (bicyclic) bond motifs is 1. The number of nitriles is 1. The van der Waals surface area contributed by atoms with Gasteiger partial charge in [-0.15, -0.1) is 11.3 Å². The molecule has 0 aliphatic carbocycles. The number of hydrogen-bond acceptors (Lipinski definition) is 5. The molecule has 5 nitrogen and oxygen atoms in total. The van der Waals surface area contributed by atoms with E-state index < -0.39 is 0 Å². The fraction of sp³-hybridized carbons (Fsp3) is 0.200. The van der Waals surface area contributed by atoms with Crippen molar-refractivity contribution in [1.82, 2.24) is 0 Å². The van der Waals surface area contributed by atoms with E-state index in [2.05, 4.69) is 11.4 Å². The first-order valence-corrected chi connectivity index (χ1v) is 7.34. The Balaban J connectivity index is 2.16. The van der Waals surface area contributed by atoms with Crippen LogP contribution < -0.4 is 15.8 Å². The molecule has 21 heavy (non-hydrogen) atoms. The van der Waals surface area contributed by atoms with E-state index in [4.69, 9.17) is 10.5 Å². The summed E-state index contributed by atoms with van der Waals surface area (Å²) >= 11 is 1.44. The second kappa shape index (κ2) is 5.11. The zero-order valence-corrected chi connectivity index (χ0v) is 12.2. The number of carbonyl (C=O) groups excluding carboxylic acids is 1. The molecular formula is C15H13N3O2S. The lowest BCUT2D eigenvalue weighted by molar-refractivity contribution is -0.118. The predicted octanol–water partition coefficient (Wildman–Crippen LogP) is 2.76. The van der Waals surface area contributed by atoms with E-state index in [0.717, 1.165) is 22.4 Å². The van der Waals surface area contributed by atoms with Gasteiger partial charge in [0.05, 0.1) is 11.3 Å². The van der Waals surface area contributed by atoms with Crippen LogP contribution in [0.1, 0.15) is 17.4 Å². The number of aryl methyl sites for hydroxylation is 1. The quantitative estimate of drug-likeness (QED) is 0.892. The molecular weight excluding hydrogens is 286 g/mol. The highest BCUT2D eigenvalue weighted by atomic mass is 32.1. The van der Waals surface area contributed by atoms with E-state index in [1.165, 1.54) is 11.3 Å². The molecule has 3 rings (SSSR count). The number of thiophene rings is 1. The Morgan fingerprint density at radius 3 is 3.05 bits per heavy atom. The molecule has 0 spiro atoms. The van der Waals surface area contributed by atoms with Crippen molar-refractivity contribution in [3.8, 4) is 22.9 Å². The summed E-state index contributed by atoms with van der Waals surface area (Å²) in [6.07, 6.45) is 0.797. The summed E-state index contributed by atoms with van der Waals surface area (Å²) < 4.78 is 5.35. The number of nitrogen functional groups attached to an aromatic ring is 1. The molecule has 1 aromatic carbocycles. The fourth-order valence-electron chi connectivity index (χ4n) is 2.40. The van der Waals surface area contributed by atoms with Crippen LogP contribution in [0.25, 0.3) is 11.1 Å². The number of amides is 1. The van der Waals surface area contributed by atoms with Crippen molar-refractivity contribution < 1.29 is 9.53 Å². The van der Waals surface area contributed by atoms with Gasteiger partial charge in [0.2, 0.25) is 0 Å². The first-order chi connectivity index (χ1) is 10.1. The summed E-state index contributed by atoms with van der Waals surface area (Å²) in [6, 6.07) is 7.69. The van der Waals surface area contributed by atoms with Crippen molar-refractivity contribution in [1.29, 1.82) is 5.26 Å². The molecule has 0 saturated heterocycles. The topological polar surface area (TPSA) is 88.1 Å². The molecule has 0 unspecified atom stereocenters. The Hall–Kier alpha value is -2.52. The molecule has 0 bridgehead atoms. The summed E-state index contributed by atoms with van der Waals surface area (Å²) in [5.74, 6) is 0.457. The number of carbonyl (C=O) groups is 1. The molecule has 3 N–H and O–H groups in total. The molecule has 6 heteroatoms. The SMILES string of the molecule is CCc1sc(N)c(C#N)c1-c1ccc2c(c1)NC(=O)CO2. The Morgan fingerprint density at radius 1 is 1.52 bits per heavy atom. The Kier molecular flexibility index (Phi) is 3.28. The van der Waals surface area contributed by atoms with Gasteiger partial charge in [-0.3, -0.25) is 4.79 Å². The number of nitrogens with two attached hydrogens (primary N) is 1. The van der Waals surface area contributed by atoms with E-state index in [1.807, 2.05) is 19.1 Å². The smallest absolute Gasteiger partial charge is 0.262 e. The number of nitrogens with zero attached hydrogens (tertiary/aromatic N) is 1. The van der Waals surface area contributed by atoms with Crippen LogP contribution in [-0.2, 0) is 11.2 Å². The third-order valence-corrected chi connectivity index (χ3v) is 4.51. The van der Waals surface area contributed by atoms with Gasteiger partial charge < -0.3 is 15.8 Å². The molecule has 1 aliphatic heterocycles. The average Bonchev–Trinajstić information content (AvgIpc) is 2.82. The highest BCUT2D eigenvalue weighted by molar-refractivity contribution is 7.16. The largest absolute Gasteiger partial charge is 0.482 e. The molecule has 1 amide bonds. The minimum absolute atomic E-state index is 0.0292. The second-order valence-electron chi connectivity index (χ2n) is 4.65. The normalized spacial score (nSPS) is 13.0. The monoisotopic (exact) mass is 299 g/mol. The van der Waals surface area contributed by atoms with Crippen LogP contribution >= 0.6 is 11.3 Å². The summed E-state index contributed by atoms with van der Waals surface area (Å²) in [6.45, 7) is 2.06. The molecule has 0 radical (unpaired) electrons. The molecule has 0 fully saturated rings. The van der Waals surface area contributed by atoms with Gasteiger partial charge in [0.15, 0.2) is 6.61 Å². The Labute approximate surface area is 126 Å². The lowest BCUT2D eigenvalue weighted by atomic mass is 9.99. The lowest BCUT2D eigenvalue weighted by Crippen LogP contribution is -2.25. The number of anilines is 2. The lowest BCUT2D eigenvalue weighted by Gasteiger charge is -2.18. The maximum Gasteiger partial charge on any atom is 0.262 e. The van der Waals surface area contributed by atoms with Crippen LogP contribution in [-0.4, -0.2) is 12.5 Å². The zero-order valence-electron chi connectivity index (χ0n) is 11.4. The van der Waals surface area contributed by atoms with Gasteiger partial charge in [-0.25, -0.2) is 0 Å². The maximum absolute atomic E-state index is 11.4. The van der Waals surface area contributed by atoms with E-state index in [-0.39, 0.29) is 12.5 Å². The van der Waals surface area contributed by atoms with Crippen LogP contribution in [0.15, 0.2) is 18.2 Å². The van der Waals surface area contributed by atoms with Gasteiger partial charge in [-0.05, 0) is 24.1 Å². The Bertz CT molecular complexity index is 774. The first-order valence-electron chi connectivity index (χ1n) is 6.52. The molecule has 0 saturated carbocycles.